The van der Waals surface area contributed by atoms with Gasteiger partial charge in [0.2, 0.25) is 4.96 Å². The summed E-state index contributed by atoms with van der Waals surface area (Å²) < 4.78 is 13.3. The number of aryl methyl sites for hydroxylation is 1. The minimum Gasteiger partial charge on any atom is -0.493 e. The van der Waals surface area contributed by atoms with E-state index in [0.29, 0.717) is 33.4 Å². The normalized spacial score (nSPS) is 11.9. The summed E-state index contributed by atoms with van der Waals surface area (Å²) in [6.07, 6.45) is 6.44. The number of nitrogens with zero attached hydrogens (tertiary/aromatic N) is 3. The van der Waals surface area contributed by atoms with Crippen molar-refractivity contribution in [2.75, 3.05) is 13.7 Å². The largest absolute Gasteiger partial charge is 0.493 e. The second kappa shape index (κ2) is 9.96. The van der Waals surface area contributed by atoms with Crippen molar-refractivity contribution in [1.82, 2.24) is 14.6 Å². The lowest BCUT2D eigenvalue weighted by Gasteiger charge is -2.11. The van der Waals surface area contributed by atoms with Gasteiger partial charge in [-0.05, 0) is 43.2 Å². The molecule has 0 aliphatic rings. The third-order valence-electron chi connectivity index (χ3n) is 5.20. The van der Waals surface area contributed by atoms with Crippen molar-refractivity contribution in [2.45, 2.75) is 39.5 Å². The van der Waals surface area contributed by atoms with E-state index in [2.05, 4.69) is 17.0 Å². The Morgan fingerprint density at radius 1 is 1.09 bits per heavy atom. The molecule has 0 spiro atoms. The summed E-state index contributed by atoms with van der Waals surface area (Å²) >= 11 is 1.33. The van der Waals surface area contributed by atoms with Gasteiger partial charge in [-0.25, -0.2) is 0 Å². The molecule has 0 N–H and O–H groups in total. The SMILES string of the molecule is CCCCCCOc1ccc(C=c2sc3nc(-c4cccc(C)c4)nn3c2=O)cc1OC. The maximum Gasteiger partial charge on any atom is 0.291 e. The Bertz CT molecular complexity index is 1330. The number of aromatic nitrogens is 3. The van der Waals surface area contributed by atoms with E-state index in [1.807, 2.05) is 55.5 Å². The number of fused-ring (bicyclic) bond motifs is 1. The van der Waals surface area contributed by atoms with Gasteiger partial charge in [0.05, 0.1) is 18.2 Å². The summed E-state index contributed by atoms with van der Waals surface area (Å²) in [5.41, 5.74) is 2.72. The standard InChI is InChI=1S/C25H27N3O3S/c1-4-5-6-7-13-31-20-12-11-18(15-21(20)30-3)16-22-24(29)28-25(32-22)26-23(27-28)19-10-8-9-17(2)14-19/h8-12,14-16H,4-7,13H2,1-3H3. The van der Waals surface area contributed by atoms with E-state index in [1.54, 1.807) is 7.11 Å². The number of unbranched alkanes of at least 4 members (excludes halogenated alkanes) is 3. The first kappa shape index (κ1) is 22.0. The number of rotatable bonds is 9. The van der Waals surface area contributed by atoms with Crippen molar-refractivity contribution >= 4 is 22.4 Å². The van der Waals surface area contributed by atoms with Crippen LogP contribution < -0.4 is 19.6 Å². The summed E-state index contributed by atoms with van der Waals surface area (Å²) in [5.74, 6) is 1.93. The zero-order valence-electron chi connectivity index (χ0n) is 18.6. The van der Waals surface area contributed by atoms with E-state index >= 15 is 0 Å². The van der Waals surface area contributed by atoms with E-state index in [1.165, 1.54) is 28.7 Å². The molecule has 32 heavy (non-hydrogen) atoms. The van der Waals surface area contributed by atoms with Gasteiger partial charge in [0.25, 0.3) is 5.56 Å². The third-order valence-corrected chi connectivity index (χ3v) is 6.16. The van der Waals surface area contributed by atoms with Crippen LogP contribution in [0.2, 0.25) is 0 Å². The summed E-state index contributed by atoms with van der Waals surface area (Å²) in [6, 6.07) is 13.6. The summed E-state index contributed by atoms with van der Waals surface area (Å²) in [7, 11) is 1.62. The van der Waals surface area contributed by atoms with Gasteiger partial charge in [-0.15, -0.1) is 5.10 Å². The fraction of sp³-hybridized carbons (Fsp3) is 0.320. The molecular formula is C25H27N3O3S. The minimum atomic E-state index is -0.174. The Morgan fingerprint density at radius 3 is 2.72 bits per heavy atom. The maximum atomic E-state index is 12.9. The van der Waals surface area contributed by atoms with Crippen LogP contribution >= 0.6 is 11.3 Å². The van der Waals surface area contributed by atoms with Crippen molar-refractivity contribution in [3.63, 3.8) is 0 Å². The number of thiazole rings is 1. The Kier molecular flexibility index (Phi) is 6.85. The van der Waals surface area contributed by atoms with E-state index in [9.17, 15) is 4.79 Å². The molecule has 4 aromatic rings. The lowest BCUT2D eigenvalue weighted by Crippen LogP contribution is -2.23. The van der Waals surface area contributed by atoms with Crippen molar-refractivity contribution < 1.29 is 9.47 Å². The monoisotopic (exact) mass is 449 g/mol. The summed E-state index contributed by atoms with van der Waals surface area (Å²) in [6.45, 7) is 4.88. The molecule has 6 nitrogen and oxygen atoms in total. The maximum absolute atomic E-state index is 12.9. The molecule has 0 saturated carbocycles. The molecule has 2 heterocycles. The molecular weight excluding hydrogens is 422 g/mol. The third kappa shape index (κ3) is 4.83. The molecule has 0 saturated heterocycles. The Morgan fingerprint density at radius 2 is 1.97 bits per heavy atom. The second-order valence-electron chi connectivity index (χ2n) is 7.73. The molecule has 0 amide bonds. The van der Waals surface area contributed by atoms with Crippen LogP contribution in [0.15, 0.2) is 47.3 Å². The highest BCUT2D eigenvalue weighted by Crippen LogP contribution is 2.28. The van der Waals surface area contributed by atoms with Gasteiger partial charge in [-0.2, -0.15) is 9.50 Å². The molecule has 0 unspecified atom stereocenters. The molecule has 2 aromatic carbocycles. The zero-order valence-corrected chi connectivity index (χ0v) is 19.4. The van der Waals surface area contributed by atoms with Crippen molar-refractivity contribution in [3.05, 3.63) is 68.5 Å². The first-order valence-electron chi connectivity index (χ1n) is 10.9. The first-order valence-corrected chi connectivity index (χ1v) is 11.7. The van der Waals surface area contributed by atoms with Crippen LogP contribution in [0.3, 0.4) is 0 Å². The number of methoxy groups -OCH3 is 1. The first-order chi connectivity index (χ1) is 15.6. The molecule has 7 heteroatoms. The van der Waals surface area contributed by atoms with Crippen LogP contribution in [0.1, 0.15) is 43.7 Å². The predicted octanol–water partition coefficient (Wildman–Crippen LogP) is 4.64. The van der Waals surface area contributed by atoms with E-state index in [4.69, 9.17) is 9.47 Å². The second-order valence-corrected chi connectivity index (χ2v) is 8.74. The molecule has 0 aliphatic carbocycles. The molecule has 0 atom stereocenters. The van der Waals surface area contributed by atoms with Crippen molar-refractivity contribution in [2.24, 2.45) is 0 Å². The van der Waals surface area contributed by atoms with Gasteiger partial charge in [-0.3, -0.25) is 4.79 Å². The fourth-order valence-electron chi connectivity index (χ4n) is 3.50. The van der Waals surface area contributed by atoms with E-state index in [0.717, 1.165) is 29.5 Å². The molecule has 166 valence electrons. The van der Waals surface area contributed by atoms with Gasteiger partial charge >= 0.3 is 0 Å². The number of ether oxygens (including phenoxy) is 2. The predicted molar refractivity (Wildman–Crippen MR) is 129 cm³/mol. The highest BCUT2D eigenvalue weighted by Gasteiger charge is 2.12. The lowest BCUT2D eigenvalue weighted by molar-refractivity contribution is 0.285. The summed E-state index contributed by atoms with van der Waals surface area (Å²) in [4.78, 5) is 18.0. The fourth-order valence-corrected chi connectivity index (χ4v) is 4.40. The smallest absolute Gasteiger partial charge is 0.291 e. The van der Waals surface area contributed by atoms with Crippen LogP contribution in [0.4, 0.5) is 0 Å². The topological polar surface area (TPSA) is 65.7 Å². The Balaban J connectivity index is 1.58. The highest BCUT2D eigenvalue weighted by atomic mass is 32.1. The minimum absolute atomic E-state index is 0.174. The van der Waals surface area contributed by atoms with Gasteiger partial charge in [0.15, 0.2) is 17.3 Å². The van der Waals surface area contributed by atoms with E-state index in [-0.39, 0.29) is 5.56 Å². The molecule has 0 fully saturated rings. The average molecular weight is 450 g/mol. The van der Waals surface area contributed by atoms with Crippen LogP contribution in [0.25, 0.3) is 22.4 Å². The van der Waals surface area contributed by atoms with Crippen LogP contribution in [-0.4, -0.2) is 28.3 Å². The quantitative estimate of drug-likeness (QED) is 0.348. The lowest BCUT2D eigenvalue weighted by atomic mass is 10.1. The number of hydrogen-bond acceptors (Lipinski definition) is 6. The van der Waals surface area contributed by atoms with Gasteiger partial charge < -0.3 is 9.47 Å². The van der Waals surface area contributed by atoms with Gasteiger partial charge in [-0.1, -0.05) is 67.4 Å². The van der Waals surface area contributed by atoms with Gasteiger partial charge in [0.1, 0.15) is 0 Å². The number of hydrogen-bond donors (Lipinski definition) is 0. The van der Waals surface area contributed by atoms with Gasteiger partial charge in [0, 0.05) is 5.56 Å². The van der Waals surface area contributed by atoms with Crippen LogP contribution in [-0.2, 0) is 0 Å². The molecule has 0 bridgehead atoms. The van der Waals surface area contributed by atoms with E-state index < -0.39 is 0 Å². The molecule has 0 aliphatic heterocycles. The Hall–Kier alpha value is -3.19. The molecule has 2 aromatic heterocycles. The van der Waals surface area contributed by atoms with Crippen molar-refractivity contribution in [1.29, 1.82) is 0 Å². The van der Waals surface area contributed by atoms with Crippen molar-refractivity contribution in [3.8, 4) is 22.9 Å². The molecule has 0 radical (unpaired) electrons. The average Bonchev–Trinajstić information content (AvgIpc) is 3.34. The molecule has 4 rings (SSSR count). The van der Waals surface area contributed by atoms with Crippen LogP contribution in [0, 0.1) is 6.92 Å². The Labute approximate surface area is 191 Å². The highest BCUT2D eigenvalue weighted by molar-refractivity contribution is 7.15. The number of benzene rings is 2. The van der Waals surface area contributed by atoms with Crippen LogP contribution in [0.5, 0.6) is 11.5 Å². The summed E-state index contributed by atoms with van der Waals surface area (Å²) in [5, 5.41) is 4.43. The zero-order chi connectivity index (χ0) is 22.5.